The predicted octanol–water partition coefficient (Wildman–Crippen LogP) is 5.31. The minimum absolute atomic E-state index is 0.0457. The summed E-state index contributed by atoms with van der Waals surface area (Å²) in [7, 11) is 0. The second-order valence-corrected chi connectivity index (χ2v) is 7.63. The second kappa shape index (κ2) is 7.15. The van der Waals surface area contributed by atoms with Crippen molar-refractivity contribution >= 4 is 11.8 Å². The molecule has 0 spiro atoms. The monoisotopic (exact) mass is 307 g/mol. The molecule has 1 heterocycles. The lowest BCUT2D eigenvalue weighted by atomic mass is 9.83. The molecule has 21 heavy (non-hydrogen) atoms. The van der Waals surface area contributed by atoms with Gasteiger partial charge in [0.25, 0.3) is 0 Å². The van der Waals surface area contributed by atoms with Crippen LogP contribution >= 0.6 is 11.8 Å². The lowest BCUT2D eigenvalue weighted by Crippen LogP contribution is -2.37. The summed E-state index contributed by atoms with van der Waals surface area (Å²) < 4.78 is 13.9. The molecule has 1 aliphatic carbocycles. The van der Waals surface area contributed by atoms with Crippen LogP contribution in [-0.2, 0) is 0 Å². The van der Waals surface area contributed by atoms with Crippen molar-refractivity contribution in [3.63, 3.8) is 0 Å². The van der Waals surface area contributed by atoms with Crippen LogP contribution in [0.15, 0.2) is 23.1 Å². The Bertz CT molecular complexity index is 468. The molecule has 1 N–H and O–H groups in total. The Hall–Kier alpha value is -0.540. The minimum atomic E-state index is -0.0457. The fourth-order valence-corrected chi connectivity index (χ4v) is 5.01. The van der Waals surface area contributed by atoms with Crippen LogP contribution in [0.3, 0.4) is 0 Å². The molecule has 3 heteroatoms. The fraction of sp³-hybridized carbons (Fsp3) is 0.667. The van der Waals surface area contributed by atoms with E-state index in [0.717, 1.165) is 23.0 Å². The van der Waals surface area contributed by atoms with Crippen LogP contribution in [0.1, 0.15) is 63.5 Å². The predicted molar refractivity (Wildman–Crippen MR) is 88.3 cm³/mol. The first-order valence-corrected chi connectivity index (χ1v) is 9.43. The van der Waals surface area contributed by atoms with E-state index in [0.29, 0.717) is 12.1 Å². The molecule has 1 aliphatic heterocycles. The molecule has 1 nitrogen and oxygen atoms in total. The normalized spacial score (nSPS) is 29.1. The molecule has 0 amide bonds. The molecule has 0 bridgehead atoms. The maximum Gasteiger partial charge on any atom is 0.137 e. The highest BCUT2D eigenvalue weighted by Gasteiger charge is 2.27. The number of benzene rings is 1. The third kappa shape index (κ3) is 3.62. The summed E-state index contributed by atoms with van der Waals surface area (Å²) in [6, 6.07) is 6.52. The van der Waals surface area contributed by atoms with Gasteiger partial charge in [0.1, 0.15) is 5.82 Å². The molecular formula is C18H26FNS. The van der Waals surface area contributed by atoms with Crippen LogP contribution in [0.25, 0.3) is 0 Å². The maximum atomic E-state index is 13.9. The smallest absolute Gasteiger partial charge is 0.137 e. The molecule has 1 unspecified atom stereocenters. The first kappa shape index (κ1) is 15.4. The first-order chi connectivity index (χ1) is 10.3. The van der Waals surface area contributed by atoms with Crippen LogP contribution in [0.4, 0.5) is 4.39 Å². The molecule has 1 atom stereocenters. The van der Waals surface area contributed by atoms with Gasteiger partial charge in [-0.05, 0) is 55.4 Å². The van der Waals surface area contributed by atoms with Crippen molar-refractivity contribution in [1.82, 2.24) is 5.32 Å². The number of halogens is 1. The molecule has 0 aromatic heterocycles. The average Bonchev–Trinajstić information content (AvgIpc) is 2.51. The zero-order valence-corrected chi connectivity index (χ0v) is 13.7. The zero-order valence-electron chi connectivity index (χ0n) is 12.9. The van der Waals surface area contributed by atoms with Gasteiger partial charge in [-0.25, -0.2) is 4.39 Å². The van der Waals surface area contributed by atoms with Crippen LogP contribution in [-0.4, -0.2) is 11.8 Å². The molecule has 116 valence electrons. The molecular weight excluding hydrogens is 281 g/mol. The summed E-state index contributed by atoms with van der Waals surface area (Å²) in [5, 5.41) is 3.82. The Balaban J connectivity index is 1.61. The molecule has 1 saturated carbocycles. The minimum Gasteiger partial charge on any atom is -0.307 e. The number of hydrogen-bond donors (Lipinski definition) is 1. The summed E-state index contributed by atoms with van der Waals surface area (Å²) in [5.41, 5.74) is 1.18. The van der Waals surface area contributed by atoms with Crippen molar-refractivity contribution in [3.05, 3.63) is 29.6 Å². The second-order valence-electron chi connectivity index (χ2n) is 6.52. The van der Waals surface area contributed by atoms with Crippen molar-refractivity contribution in [3.8, 4) is 0 Å². The van der Waals surface area contributed by atoms with E-state index in [4.69, 9.17) is 0 Å². The first-order valence-electron chi connectivity index (χ1n) is 8.45. The van der Waals surface area contributed by atoms with Crippen molar-refractivity contribution in [2.75, 3.05) is 5.75 Å². The van der Waals surface area contributed by atoms with Gasteiger partial charge in [0.05, 0.1) is 0 Å². The number of nitrogens with one attached hydrogen (secondary N) is 1. The van der Waals surface area contributed by atoms with Gasteiger partial charge in [0.15, 0.2) is 0 Å². The van der Waals surface area contributed by atoms with Crippen LogP contribution in [0.2, 0.25) is 0 Å². The van der Waals surface area contributed by atoms with Crippen LogP contribution < -0.4 is 5.32 Å². The van der Waals surface area contributed by atoms with E-state index < -0.39 is 0 Å². The van der Waals surface area contributed by atoms with Gasteiger partial charge in [-0.2, -0.15) is 0 Å². The maximum absolute atomic E-state index is 13.9. The SMILES string of the molecule is CCCC1CCC(NC2CCSc3c(F)cccc32)CC1. The lowest BCUT2D eigenvalue weighted by molar-refractivity contribution is 0.260. The van der Waals surface area contributed by atoms with Crippen molar-refractivity contribution in [2.24, 2.45) is 5.92 Å². The standard InChI is InChI=1S/C18H26FNS/c1-2-4-13-7-9-14(10-8-13)20-17-11-12-21-18-15(17)5-3-6-16(18)19/h3,5-6,13-14,17,20H,2,4,7-12H2,1H3. The zero-order chi connectivity index (χ0) is 14.7. The van der Waals surface area contributed by atoms with E-state index in [9.17, 15) is 4.39 Å². The third-order valence-electron chi connectivity index (χ3n) is 5.01. The lowest BCUT2D eigenvalue weighted by Gasteiger charge is -2.34. The fourth-order valence-electron chi connectivity index (χ4n) is 3.87. The van der Waals surface area contributed by atoms with Gasteiger partial charge in [0.2, 0.25) is 0 Å². The van der Waals surface area contributed by atoms with Gasteiger partial charge in [0, 0.05) is 17.0 Å². The highest BCUT2D eigenvalue weighted by atomic mass is 32.2. The van der Waals surface area contributed by atoms with Gasteiger partial charge >= 0.3 is 0 Å². The van der Waals surface area contributed by atoms with E-state index in [1.807, 2.05) is 6.07 Å². The van der Waals surface area contributed by atoms with E-state index in [1.54, 1.807) is 17.8 Å². The van der Waals surface area contributed by atoms with Crippen molar-refractivity contribution in [1.29, 1.82) is 0 Å². The Labute approximate surface area is 132 Å². The van der Waals surface area contributed by atoms with Gasteiger partial charge in [-0.1, -0.05) is 31.9 Å². The highest BCUT2D eigenvalue weighted by Crippen LogP contribution is 2.39. The van der Waals surface area contributed by atoms with E-state index in [1.165, 1.54) is 44.1 Å². The number of rotatable bonds is 4. The topological polar surface area (TPSA) is 12.0 Å². The Morgan fingerprint density at radius 1 is 1.19 bits per heavy atom. The van der Waals surface area contributed by atoms with E-state index in [-0.39, 0.29) is 5.82 Å². The summed E-state index contributed by atoms with van der Waals surface area (Å²) in [5.74, 6) is 1.92. The quantitative estimate of drug-likeness (QED) is 0.809. The number of thioether (sulfide) groups is 1. The number of fused-ring (bicyclic) bond motifs is 1. The molecule has 3 rings (SSSR count). The Morgan fingerprint density at radius 2 is 2.00 bits per heavy atom. The molecule has 1 aromatic carbocycles. The molecule has 0 saturated heterocycles. The van der Waals surface area contributed by atoms with Crippen molar-refractivity contribution in [2.45, 2.75) is 68.8 Å². The third-order valence-corrected chi connectivity index (χ3v) is 6.17. The van der Waals surface area contributed by atoms with Crippen molar-refractivity contribution < 1.29 is 4.39 Å². The van der Waals surface area contributed by atoms with Crippen LogP contribution in [0.5, 0.6) is 0 Å². The van der Waals surface area contributed by atoms with Crippen LogP contribution in [0, 0.1) is 11.7 Å². The summed E-state index contributed by atoms with van der Waals surface area (Å²) in [6.45, 7) is 2.29. The Morgan fingerprint density at radius 3 is 2.76 bits per heavy atom. The van der Waals surface area contributed by atoms with E-state index >= 15 is 0 Å². The molecule has 0 radical (unpaired) electrons. The van der Waals surface area contributed by atoms with Gasteiger partial charge < -0.3 is 5.32 Å². The molecule has 2 aliphatic rings. The largest absolute Gasteiger partial charge is 0.307 e. The highest BCUT2D eigenvalue weighted by molar-refractivity contribution is 7.99. The molecule has 1 aromatic rings. The molecule has 1 fully saturated rings. The summed E-state index contributed by atoms with van der Waals surface area (Å²) >= 11 is 1.67. The summed E-state index contributed by atoms with van der Waals surface area (Å²) in [6.07, 6.45) is 9.13. The Kier molecular flexibility index (Phi) is 5.23. The van der Waals surface area contributed by atoms with Gasteiger partial charge in [-0.3, -0.25) is 0 Å². The number of hydrogen-bond acceptors (Lipinski definition) is 2. The average molecular weight is 307 g/mol. The van der Waals surface area contributed by atoms with Gasteiger partial charge in [-0.15, -0.1) is 11.8 Å². The van der Waals surface area contributed by atoms with E-state index in [2.05, 4.69) is 18.3 Å². The summed E-state index contributed by atoms with van der Waals surface area (Å²) in [4.78, 5) is 0.876.